The van der Waals surface area contributed by atoms with Gasteiger partial charge in [-0.25, -0.2) is 4.98 Å². The maximum atomic E-state index is 4.39. The number of hydrogen-bond donors (Lipinski definition) is 2. The topological polar surface area (TPSA) is 44.0 Å². The van der Waals surface area contributed by atoms with E-state index in [2.05, 4.69) is 27.1 Å². The molecule has 1 aromatic heterocycles. The monoisotopic (exact) mass is 220 g/mol. The summed E-state index contributed by atoms with van der Waals surface area (Å²) in [5.41, 5.74) is 2.53. The fourth-order valence-corrected chi connectivity index (χ4v) is 2.62. The number of imidazole rings is 1. The molecule has 0 amide bonds. The first-order valence-electron chi connectivity index (χ1n) is 6.35. The van der Waals surface area contributed by atoms with Crippen molar-refractivity contribution < 1.29 is 0 Å². The van der Waals surface area contributed by atoms with Gasteiger partial charge in [0.25, 0.3) is 0 Å². The van der Waals surface area contributed by atoms with Gasteiger partial charge < -0.3 is 10.3 Å². The minimum atomic E-state index is 0.580. The van der Waals surface area contributed by atoms with E-state index in [9.17, 15) is 0 Å². The van der Waals surface area contributed by atoms with Crippen LogP contribution in [0.25, 0.3) is 0 Å². The lowest BCUT2D eigenvalue weighted by Gasteiger charge is -2.29. The molecule has 0 aromatic carbocycles. The minimum Gasteiger partial charge on any atom is -0.347 e. The lowest BCUT2D eigenvalue weighted by atomic mass is 10.0. The molecule has 1 atom stereocenters. The van der Waals surface area contributed by atoms with Gasteiger partial charge in [-0.05, 0) is 19.4 Å². The van der Waals surface area contributed by atoms with Crippen LogP contribution in [0.4, 0.5) is 0 Å². The fourth-order valence-electron chi connectivity index (χ4n) is 2.62. The maximum absolute atomic E-state index is 4.39. The van der Waals surface area contributed by atoms with E-state index in [1.807, 2.05) is 6.33 Å². The van der Waals surface area contributed by atoms with E-state index in [0.29, 0.717) is 6.04 Å². The van der Waals surface area contributed by atoms with Gasteiger partial charge in [0.1, 0.15) is 0 Å². The molecule has 1 aliphatic heterocycles. The number of rotatable bonds is 4. The molecule has 0 radical (unpaired) electrons. The number of nitrogens with one attached hydrogen (secondary N) is 2. The molecular formula is C12H20N4. The minimum absolute atomic E-state index is 0.580. The predicted octanol–water partition coefficient (Wildman–Crippen LogP) is 0.908. The van der Waals surface area contributed by atoms with Crippen LogP contribution in [0, 0.1) is 0 Å². The third-order valence-corrected chi connectivity index (χ3v) is 3.74. The molecule has 1 aliphatic carbocycles. The average Bonchev–Trinajstić information content (AvgIpc) is 3.04. The Hall–Kier alpha value is -0.870. The summed E-state index contributed by atoms with van der Waals surface area (Å²) in [7, 11) is 0. The van der Waals surface area contributed by atoms with Gasteiger partial charge >= 0.3 is 0 Å². The van der Waals surface area contributed by atoms with Crippen LogP contribution < -0.4 is 5.32 Å². The van der Waals surface area contributed by atoms with Gasteiger partial charge in [-0.1, -0.05) is 6.92 Å². The van der Waals surface area contributed by atoms with E-state index in [-0.39, 0.29) is 0 Å². The molecule has 16 heavy (non-hydrogen) atoms. The number of hydrogen-bond acceptors (Lipinski definition) is 3. The first-order chi connectivity index (χ1) is 7.86. The lowest BCUT2D eigenvalue weighted by Crippen LogP contribution is -2.45. The third kappa shape index (κ3) is 1.99. The number of H-pyrrole nitrogens is 1. The highest BCUT2D eigenvalue weighted by Gasteiger charge is 2.30. The van der Waals surface area contributed by atoms with E-state index in [1.54, 1.807) is 0 Å². The summed E-state index contributed by atoms with van der Waals surface area (Å²) in [6.07, 6.45) is 5.68. The molecule has 1 saturated carbocycles. The fraction of sp³-hybridized carbons (Fsp3) is 0.750. The van der Waals surface area contributed by atoms with Crippen LogP contribution in [0.15, 0.2) is 6.33 Å². The first kappa shape index (κ1) is 10.3. The maximum Gasteiger partial charge on any atom is 0.0925 e. The van der Waals surface area contributed by atoms with Crippen LogP contribution in [0.2, 0.25) is 0 Å². The standard InChI is InChI=1S/C12H20N4/c1-2-16(10-3-4-10)7-9-5-11-12(6-13-9)15-8-14-11/h8-10,13H,2-7H2,1H3,(H,14,15). The molecule has 2 N–H and O–H groups in total. The van der Waals surface area contributed by atoms with Crippen molar-refractivity contribution >= 4 is 0 Å². The average molecular weight is 220 g/mol. The number of likely N-dealkylation sites (N-methyl/N-ethyl adjacent to an activating group) is 1. The molecule has 0 bridgehead atoms. The Labute approximate surface area is 96.4 Å². The van der Waals surface area contributed by atoms with Crippen LogP contribution in [0.3, 0.4) is 0 Å². The van der Waals surface area contributed by atoms with E-state index in [0.717, 1.165) is 19.0 Å². The van der Waals surface area contributed by atoms with Crippen molar-refractivity contribution in [2.75, 3.05) is 13.1 Å². The third-order valence-electron chi connectivity index (χ3n) is 3.74. The lowest BCUT2D eigenvalue weighted by molar-refractivity contribution is 0.236. The second kappa shape index (κ2) is 4.18. The molecule has 4 heteroatoms. The van der Waals surface area contributed by atoms with Gasteiger partial charge in [0, 0.05) is 31.6 Å². The van der Waals surface area contributed by atoms with Gasteiger partial charge in [0.05, 0.1) is 17.7 Å². The Bertz CT molecular complexity index is 356. The molecule has 1 fully saturated rings. The van der Waals surface area contributed by atoms with Gasteiger partial charge in [0.2, 0.25) is 0 Å². The van der Waals surface area contributed by atoms with E-state index < -0.39 is 0 Å². The summed E-state index contributed by atoms with van der Waals surface area (Å²) in [6.45, 7) is 5.56. The van der Waals surface area contributed by atoms with E-state index in [1.165, 1.54) is 37.3 Å². The molecule has 3 rings (SSSR count). The molecule has 0 spiro atoms. The number of nitrogens with zero attached hydrogens (tertiary/aromatic N) is 2. The summed E-state index contributed by atoms with van der Waals surface area (Å²) < 4.78 is 0. The molecule has 4 nitrogen and oxygen atoms in total. The molecule has 1 unspecified atom stereocenters. The number of fused-ring (bicyclic) bond motifs is 1. The molecule has 0 saturated heterocycles. The SMILES string of the molecule is CCN(CC1Cc2nc[nH]c2CN1)C1CC1. The highest BCUT2D eigenvalue weighted by Crippen LogP contribution is 2.27. The van der Waals surface area contributed by atoms with Crippen molar-refractivity contribution in [1.29, 1.82) is 0 Å². The summed E-state index contributed by atoms with van der Waals surface area (Å²) in [5, 5.41) is 3.60. The van der Waals surface area contributed by atoms with Crippen molar-refractivity contribution in [2.24, 2.45) is 0 Å². The number of aromatic amines is 1. The highest BCUT2D eigenvalue weighted by molar-refractivity contribution is 5.16. The van der Waals surface area contributed by atoms with Gasteiger partial charge in [0.15, 0.2) is 0 Å². The molecule has 1 aromatic rings. The summed E-state index contributed by atoms with van der Waals surface area (Å²) in [5.74, 6) is 0. The van der Waals surface area contributed by atoms with Gasteiger partial charge in [-0.2, -0.15) is 0 Å². The van der Waals surface area contributed by atoms with Crippen LogP contribution in [-0.2, 0) is 13.0 Å². The molecule has 2 heterocycles. The second-order valence-corrected chi connectivity index (χ2v) is 4.93. The Balaban J connectivity index is 1.60. The quantitative estimate of drug-likeness (QED) is 0.792. The summed E-state index contributed by atoms with van der Waals surface area (Å²) in [4.78, 5) is 10.2. The van der Waals surface area contributed by atoms with Gasteiger partial charge in [-0.15, -0.1) is 0 Å². The Morgan fingerprint density at radius 3 is 3.12 bits per heavy atom. The van der Waals surface area contributed by atoms with Crippen molar-refractivity contribution in [3.05, 3.63) is 17.7 Å². The molecule has 88 valence electrons. The van der Waals surface area contributed by atoms with Crippen LogP contribution >= 0.6 is 0 Å². The molecular weight excluding hydrogens is 200 g/mol. The van der Waals surface area contributed by atoms with Crippen molar-refractivity contribution in [3.63, 3.8) is 0 Å². The Kier molecular flexibility index (Phi) is 2.69. The zero-order valence-corrected chi connectivity index (χ0v) is 9.87. The smallest absolute Gasteiger partial charge is 0.0925 e. The van der Waals surface area contributed by atoms with E-state index in [4.69, 9.17) is 0 Å². The van der Waals surface area contributed by atoms with E-state index >= 15 is 0 Å². The Morgan fingerprint density at radius 2 is 2.38 bits per heavy atom. The largest absolute Gasteiger partial charge is 0.347 e. The number of aromatic nitrogens is 2. The zero-order valence-electron chi connectivity index (χ0n) is 9.87. The predicted molar refractivity (Wildman–Crippen MR) is 63.2 cm³/mol. The normalized spacial score (nSPS) is 24.8. The molecule has 2 aliphatic rings. The van der Waals surface area contributed by atoms with Crippen molar-refractivity contribution in [3.8, 4) is 0 Å². The summed E-state index contributed by atoms with van der Waals surface area (Å²) >= 11 is 0. The Morgan fingerprint density at radius 1 is 1.50 bits per heavy atom. The first-order valence-corrected chi connectivity index (χ1v) is 6.35. The zero-order chi connectivity index (χ0) is 11.0. The van der Waals surface area contributed by atoms with Crippen LogP contribution in [-0.4, -0.2) is 40.0 Å². The van der Waals surface area contributed by atoms with Crippen molar-refractivity contribution in [1.82, 2.24) is 20.2 Å². The van der Waals surface area contributed by atoms with Crippen LogP contribution in [0.5, 0.6) is 0 Å². The second-order valence-electron chi connectivity index (χ2n) is 4.93. The van der Waals surface area contributed by atoms with Gasteiger partial charge in [-0.3, -0.25) is 4.90 Å². The highest BCUT2D eigenvalue weighted by atomic mass is 15.2. The van der Waals surface area contributed by atoms with Crippen LogP contribution in [0.1, 0.15) is 31.2 Å². The van der Waals surface area contributed by atoms with Crippen molar-refractivity contribution in [2.45, 2.75) is 44.8 Å². The summed E-state index contributed by atoms with van der Waals surface area (Å²) in [6, 6.07) is 1.45.